The molecule has 0 heterocycles. The van der Waals surface area contributed by atoms with Crippen LogP contribution in [-0.2, 0) is 4.79 Å². The first-order valence-electron chi connectivity index (χ1n) is 4.33. The van der Waals surface area contributed by atoms with E-state index in [1.54, 1.807) is 19.1 Å². The molecule has 0 aliphatic heterocycles. The number of carbonyl (C=O) groups excluding carboxylic acids is 1. The second-order valence-electron chi connectivity index (χ2n) is 3.31. The van der Waals surface area contributed by atoms with Crippen molar-refractivity contribution in [1.29, 1.82) is 0 Å². The first kappa shape index (κ1) is 12.4. The van der Waals surface area contributed by atoms with E-state index in [4.69, 9.17) is 5.11 Å². The predicted molar refractivity (Wildman–Crippen MR) is 58.5 cm³/mol. The molecule has 0 aliphatic carbocycles. The highest BCUT2D eigenvalue weighted by molar-refractivity contribution is 5.70. The van der Waals surface area contributed by atoms with Gasteiger partial charge in [0.2, 0.25) is 0 Å². The van der Waals surface area contributed by atoms with Gasteiger partial charge in [0, 0.05) is 0 Å². The van der Waals surface area contributed by atoms with Crippen LogP contribution in [-0.4, -0.2) is 11.4 Å². The Bertz CT molecular complexity index is 277. The number of benzene rings is 1. The highest BCUT2D eigenvalue weighted by Crippen LogP contribution is 2.13. The van der Waals surface area contributed by atoms with Crippen LogP contribution in [0.4, 0.5) is 0 Å². The van der Waals surface area contributed by atoms with Crippen LogP contribution in [0.15, 0.2) is 30.4 Å². The van der Waals surface area contributed by atoms with Crippen LogP contribution in [0.5, 0.6) is 5.75 Å². The smallest absolute Gasteiger partial charge is 0.145 e. The Labute approximate surface area is 84.9 Å². The standard InChI is InChI=1S/C8H10O.C4H6O/c1-6-3-7(2)5-8(9)4-6;1-4(2)3-5/h3-5,9H,1-2H3;3H,1H2,2H3. The molecule has 0 saturated carbocycles. The average Bonchev–Trinajstić information content (AvgIpc) is 2.02. The van der Waals surface area contributed by atoms with Crippen LogP contribution in [0.3, 0.4) is 0 Å². The molecule has 0 saturated heterocycles. The molecule has 0 radical (unpaired) electrons. The van der Waals surface area contributed by atoms with Gasteiger partial charge in [0.1, 0.15) is 12.0 Å². The Kier molecular flexibility index (Phi) is 5.30. The van der Waals surface area contributed by atoms with Crippen LogP contribution < -0.4 is 0 Å². The van der Waals surface area contributed by atoms with Crippen LogP contribution in [0.25, 0.3) is 0 Å². The van der Waals surface area contributed by atoms with E-state index < -0.39 is 0 Å². The first-order valence-corrected chi connectivity index (χ1v) is 4.33. The second-order valence-corrected chi connectivity index (χ2v) is 3.31. The fraction of sp³-hybridized carbons (Fsp3) is 0.250. The van der Waals surface area contributed by atoms with Crippen molar-refractivity contribution < 1.29 is 9.90 Å². The molecule has 0 fully saturated rings. The van der Waals surface area contributed by atoms with Crippen molar-refractivity contribution in [2.75, 3.05) is 0 Å². The Morgan fingerprint density at radius 2 is 1.64 bits per heavy atom. The van der Waals surface area contributed by atoms with E-state index in [-0.39, 0.29) is 0 Å². The largest absolute Gasteiger partial charge is 0.508 e. The number of carbonyl (C=O) groups is 1. The number of hydrogen-bond donors (Lipinski definition) is 1. The molecule has 0 amide bonds. The van der Waals surface area contributed by atoms with E-state index in [0.29, 0.717) is 11.3 Å². The van der Waals surface area contributed by atoms with E-state index in [2.05, 4.69) is 6.58 Å². The van der Waals surface area contributed by atoms with Crippen molar-refractivity contribution in [1.82, 2.24) is 0 Å². The van der Waals surface area contributed by atoms with E-state index in [9.17, 15) is 4.79 Å². The van der Waals surface area contributed by atoms with Gasteiger partial charge in [-0.05, 0) is 49.6 Å². The normalized spacial score (nSPS) is 8.50. The summed E-state index contributed by atoms with van der Waals surface area (Å²) in [7, 11) is 0. The van der Waals surface area contributed by atoms with Crippen molar-refractivity contribution in [2.24, 2.45) is 0 Å². The number of allylic oxidation sites excluding steroid dienone is 1. The minimum Gasteiger partial charge on any atom is -0.508 e. The maximum absolute atomic E-state index is 9.41. The lowest BCUT2D eigenvalue weighted by atomic mass is 10.1. The number of rotatable bonds is 1. The van der Waals surface area contributed by atoms with Crippen LogP contribution in [0.1, 0.15) is 18.1 Å². The van der Waals surface area contributed by atoms with Gasteiger partial charge in [-0.15, -0.1) is 0 Å². The molecule has 1 aromatic carbocycles. The lowest BCUT2D eigenvalue weighted by Crippen LogP contribution is -1.74. The van der Waals surface area contributed by atoms with Gasteiger partial charge in [0.15, 0.2) is 0 Å². The zero-order chi connectivity index (χ0) is 11.1. The topological polar surface area (TPSA) is 37.3 Å². The maximum atomic E-state index is 9.41. The van der Waals surface area contributed by atoms with Crippen LogP contribution in [0.2, 0.25) is 0 Å². The predicted octanol–water partition coefficient (Wildman–Crippen LogP) is 2.77. The summed E-state index contributed by atoms with van der Waals surface area (Å²) in [5.74, 6) is 0.354. The molecule has 2 nitrogen and oxygen atoms in total. The summed E-state index contributed by atoms with van der Waals surface area (Å²) in [6.45, 7) is 8.90. The molecule has 0 atom stereocenters. The number of hydrogen-bond acceptors (Lipinski definition) is 2. The third-order valence-electron chi connectivity index (χ3n) is 1.41. The van der Waals surface area contributed by atoms with Crippen molar-refractivity contribution >= 4 is 6.29 Å². The molecule has 1 rings (SSSR count). The lowest BCUT2D eigenvalue weighted by molar-refractivity contribution is -0.104. The molecule has 0 aliphatic rings. The number of phenolic OH excluding ortho intramolecular Hbond substituents is 1. The molecule has 14 heavy (non-hydrogen) atoms. The first-order chi connectivity index (χ1) is 6.45. The molecular formula is C12H16O2. The molecule has 0 spiro atoms. The van der Waals surface area contributed by atoms with Crippen molar-refractivity contribution in [3.8, 4) is 5.75 Å². The van der Waals surface area contributed by atoms with Crippen molar-refractivity contribution in [2.45, 2.75) is 20.8 Å². The molecule has 0 bridgehead atoms. The van der Waals surface area contributed by atoms with Gasteiger partial charge < -0.3 is 5.11 Å². The highest BCUT2D eigenvalue weighted by atomic mass is 16.3. The quantitative estimate of drug-likeness (QED) is 0.548. The Hall–Kier alpha value is -1.57. The SMILES string of the molecule is C=C(C)C=O.Cc1cc(C)cc(O)c1. The van der Waals surface area contributed by atoms with E-state index in [0.717, 1.165) is 17.4 Å². The molecule has 76 valence electrons. The van der Waals surface area contributed by atoms with Gasteiger partial charge in [0.05, 0.1) is 0 Å². The maximum Gasteiger partial charge on any atom is 0.145 e. The summed E-state index contributed by atoms with van der Waals surface area (Å²) in [5.41, 5.74) is 2.78. The Morgan fingerprint density at radius 1 is 1.29 bits per heavy atom. The molecule has 1 N–H and O–H groups in total. The highest BCUT2D eigenvalue weighted by Gasteiger charge is 1.89. The monoisotopic (exact) mass is 192 g/mol. The molecule has 2 heteroatoms. The lowest BCUT2D eigenvalue weighted by Gasteiger charge is -1.95. The van der Waals surface area contributed by atoms with Gasteiger partial charge in [-0.2, -0.15) is 0 Å². The Morgan fingerprint density at radius 3 is 1.86 bits per heavy atom. The summed E-state index contributed by atoms with van der Waals surface area (Å²) >= 11 is 0. The van der Waals surface area contributed by atoms with Gasteiger partial charge >= 0.3 is 0 Å². The van der Waals surface area contributed by atoms with Gasteiger partial charge in [-0.1, -0.05) is 12.6 Å². The fourth-order valence-corrected chi connectivity index (χ4v) is 0.951. The molecule has 1 aromatic rings. The fourth-order valence-electron chi connectivity index (χ4n) is 0.951. The third-order valence-corrected chi connectivity index (χ3v) is 1.41. The Balaban J connectivity index is 0.000000292. The van der Waals surface area contributed by atoms with Crippen molar-refractivity contribution in [3.63, 3.8) is 0 Å². The summed E-state index contributed by atoms with van der Waals surface area (Å²) in [6, 6.07) is 5.51. The second kappa shape index (κ2) is 5.97. The van der Waals surface area contributed by atoms with Crippen LogP contribution in [0, 0.1) is 13.8 Å². The number of aromatic hydroxyl groups is 1. The molecule has 0 unspecified atom stereocenters. The van der Waals surface area contributed by atoms with E-state index in [1.165, 1.54) is 0 Å². The molecular weight excluding hydrogens is 176 g/mol. The summed E-state index contributed by atoms with van der Waals surface area (Å²) in [4.78, 5) is 9.41. The minimum atomic E-state index is 0.354. The number of aldehydes is 1. The van der Waals surface area contributed by atoms with E-state index in [1.807, 2.05) is 19.9 Å². The van der Waals surface area contributed by atoms with Gasteiger partial charge in [-0.25, -0.2) is 0 Å². The third kappa shape index (κ3) is 6.00. The summed E-state index contributed by atoms with van der Waals surface area (Å²) < 4.78 is 0. The zero-order valence-electron chi connectivity index (χ0n) is 8.87. The number of phenols is 1. The van der Waals surface area contributed by atoms with Crippen molar-refractivity contribution in [3.05, 3.63) is 41.5 Å². The zero-order valence-corrected chi connectivity index (χ0v) is 8.87. The minimum absolute atomic E-state index is 0.354. The van der Waals surface area contributed by atoms with Gasteiger partial charge in [-0.3, -0.25) is 4.79 Å². The van der Waals surface area contributed by atoms with Crippen LogP contribution >= 0.6 is 0 Å². The van der Waals surface area contributed by atoms with E-state index >= 15 is 0 Å². The molecule has 0 aromatic heterocycles. The summed E-state index contributed by atoms with van der Waals surface area (Å²) in [5, 5.41) is 8.99. The summed E-state index contributed by atoms with van der Waals surface area (Å²) in [6.07, 6.45) is 0.722. The number of aryl methyl sites for hydroxylation is 2. The average molecular weight is 192 g/mol. The van der Waals surface area contributed by atoms with Gasteiger partial charge in [0.25, 0.3) is 0 Å².